The Balaban J connectivity index is 1.62. The van der Waals surface area contributed by atoms with E-state index < -0.39 is 0 Å². The number of benzene rings is 1. The van der Waals surface area contributed by atoms with E-state index in [1.807, 2.05) is 6.07 Å². The van der Waals surface area contributed by atoms with Gasteiger partial charge in [-0.25, -0.2) is 0 Å². The van der Waals surface area contributed by atoms with Crippen molar-refractivity contribution in [3.63, 3.8) is 0 Å². The van der Waals surface area contributed by atoms with E-state index in [0.29, 0.717) is 17.8 Å². The maximum Gasteiger partial charge on any atom is 0.119 e. The van der Waals surface area contributed by atoms with E-state index in [1.165, 1.54) is 24.9 Å². The van der Waals surface area contributed by atoms with Crippen LogP contribution >= 0.6 is 0 Å². The molecule has 1 saturated heterocycles. The Labute approximate surface area is 115 Å². The summed E-state index contributed by atoms with van der Waals surface area (Å²) >= 11 is 0. The minimum Gasteiger partial charge on any atom is -0.508 e. The number of rotatable bonds is 4. The number of hydrogen-bond donors (Lipinski definition) is 2. The van der Waals surface area contributed by atoms with Crippen LogP contribution in [0.4, 0.5) is 0 Å². The lowest BCUT2D eigenvalue weighted by Crippen LogP contribution is -2.38. The van der Waals surface area contributed by atoms with Gasteiger partial charge in [0.05, 0.1) is 0 Å². The molecule has 1 heterocycles. The summed E-state index contributed by atoms with van der Waals surface area (Å²) in [6.07, 6.45) is 4.77. The molecule has 0 radical (unpaired) electrons. The number of phenols is 1. The first-order valence-corrected chi connectivity index (χ1v) is 7.57. The molecule has 1 aliphatic carbocycles. The van der Waals surface area contributed by atoms with Gasteiger partial charge in [0.15, 0.2) is 0 Å². The minimum absolute atomic E-state index is 0.432. The molecule has 0 bridgehead atoms. The fraction of sp³-hybridized carbons (Fsp3) is 0.625. The Kier molecular flexibility index (Phi) is 3.76. The second-order valence-electron chi connectivity index (χ2n) is 5.77. The number of aromatic hydroxyl groups is 1. The molecule has 0 aromatic heterocycles. The summed E-state index contributed by atoms with van der Waals surface area (Å²) in [5.41, 5.74) is 2.46. The lowest BCUT2D eigenvalue weighted by Gasteiger charge is -2.25. The van der Waals surface area contributed by atoms with E-state index in [4.69, 9.17) is 0 Å². The maximum absolute atomic E-state index is 9.87. The predicted octanol–water partition coefficient (Wildman–Crippen LogP) is 2.45. The Morgan fingerprint density at radius 1 is 1.37 bits per heavy atom. The Hall–Kier alpha value is -1.06. The molecule has 2 atom stereocenters. The van der Waals surface area contributed by atoms with Crippen LogP contribution < -0.4 is 5.32 Å². The van der Waals surface area contributed by atoms with Crippen LogP contribution in [0.1, 0.15) is 43.4 Å². The van der Waals surface area contributed by atoms with Crippen molar-refractivity contribution in [1.82, 2.24) is 10.2 Å². The molecule has 2 N–H and O–H groups in total. The second-order valence-corrected chi connectivity index (χ2v) is 5.77. The van der Waals surface area contributed by atoms with Gasteiger partial charge in [-0.3, -0.25) is 4.90 Å². The molecule has 2 aliphatic rings. The van der Waals surface area contributed by atoms with E-state index in [-0.39, 0.29) is 0 Å². The van der Waals surface area contributed by atoms with Crippen molar-refractivity contribution >= 4 is 0 Å². The van der Waals surface area contributed by atoms with Gasteiger partial charge in [0, 0.05) is 18.6 Å². The van der Waals surface area contributed by atoms with Crippen molar-refractivity contribution in [2.45, 2.75) is 44.7 Å². The lowest BCUT2D eigenvalue weighted by atomic mass is 10.1. The van der Waals surface area contributed by atoms with Gasteiger partial charge in [0.2, 0.25) is 0 Å². The van der Waals surface area contributed by atoms with Crippen molar-refractivity contribution in [1.29, 1.82) is 0 Å². The van der Waals surface area contributed by atoms with Gasteiger partial charge in [-0.15, -0.1) is 0 Å². The third kappa shape index (κ3) is 2.49. The van der Waals surface area contributed by atoms with Gasteiger partial charge in [-0.2, -0.15) is 0 Å². The largest absolute Gasteiger partial charge is 0.508 e. The molecule has 1 fully saturated rings. The summed E-state index contributed by atoms with van der Waals surface area (Å²) in [6.45, 7) is 5.74. The highest BCUT2D eigenvalue weighted by molar-refractivity contribution is 5.44. The SMILES string of the molecule is CCN1CCCC1CNC1CCc2c(O)cccc21. The van der Waals surface area contributed by atoms with Crippen molar-refractivity contribution in [3.05, 3.63) is 29.3 Å². The van der Waals surface area contributed by atoms with E-state index in [2.05, 4.69) is 23.2 Å². The highest BCUT2D eigenvalue weighted by Crippen LogP contribution is 2.36. The number of phenolic OH excluding ortho intramolecular Hbond substituents is 1. The fourth-order valence-corrected chi connectivity index (χ4v) is 3.67. The van der Waals surface area contributed by atoms with Crippen molar-refractivity contribution < 1.29 is 5.11 Å². The molecule has 1 aromatic rings. The summed E-state index contributed by atoms with van der Waals surface area (Å²) in [5.74, 6) is 0.470. The smallest absolute Gasteiger partial charge is 0.119 e. The zero-order valence-electron chi connectivity index (χ0n) is 11.7. The highest BCUT2D eigenvalue weighted by atomic mass is 16.3. The Morgan fingerprint density at radius 3 is 3.11 bits per heavy atom. The lowest BCUT2D eigenvalue weighted by molar-refractivity contribution is 0.253. The first kappa shape index (κ1) is 12.9. The number of likely N-dealkylation sites (tertiary alicyclic amines) is 1. The zero-order chi connectivity index (χ0) is 13.2. The molecule has 19 heavy (non-hydrogen) atoms. The van der Waals surface area contributed by atoms with Crippen LogP contribution in [0.2, 0.25) is 0 Å². The van der Waals surface area contributed by atoms with E-state index in [1.54, 1.807) is 6.07 Å². The Bertz CT molecular complexity index is 446. The second kappa shape index (κ2) is 5.51. The molecule has 3 rings (SSSR count). The standard InChI is InChI=1S/C16H24N2O/c1-2-18-10-4-5-12(18)11-17-15-9-8-14-13(15)6-3-7-16(14)19/h3,6-7,12,15,17,19H,2,4-5,8-11H2,1H3. The molecule has 1 aromatic carbocycles. The van der Waals surface area contributed by atoms with Gasteiger partial charge in [-0.1, -0.05) is 19.1 Å². The number of nitrogens with one attached hydrogen (secondary N) is 1. The summed E-state index contributed by atoms with van der Waals surface area (Å²) in [4.78, 5) is 2.57. The first-order valence-electron chi connectivity index (χ1n) is 7.57. The van der Waals surface area contributed by atoms with Crippen molar-refractivity contribution in [3.8, 4) is 5.75 Å². The predicted molar refractivity (Wildman–Crippen MR) is 77.4 cm³/mol. The van der Waals surface area contributed by atoms with Crippen LogP contribution in [0.5, 0.6) is 5.75 Å². The molecule has 1 aliphatic heterocycles. The van der Waals surface area contributed by atoms with Crippen molar-refractivity contribution in [2.75, 3.05) is 19.6 Å². The minimum atomic E-state index is 0.432. The molecule has 3 heteroatoms. The summed E-state index contributed by atoms with van der Waals surface area (Å²) in [5, 5.41) is 13.6. The van der Waals surface area contributed by atoms with Crippen molar-refractivity contribution in [2.24, 2.45) is 0 Å². The van der Waals surface area contributed by atoms with Crippen LogP contribution in [-0.2, 0) is 6.42 Å². The summed E-state index contributed by atoms with van der Waals surface area (Å²) in [7, 11) is 0. The third-order valence-electron chi connectivity index (χ3n) is 4.75. The van der Waals surface area contributed by atoms with Gasteiger partial charge < -0.3 is 10.4 Å². The topological polar surface area (TPSA) is 35.5 Å². The average molecular weight is 260 g/mol. The summed E-state index contributed by atoms with van der Waals surface area (Å²) < 4.78 is 0. The molecular formula is C16H24N2O. The third-order valence-corrected chi connectivity index (χ3v) is 4.75. The molecule has 0 amide bonds. The van der Waals surface area contributed by atoms with Crippen LogP contribution in [0.25, 0.3) is 0 Å². The van der Waals surface area contributed by atoms with Crippen LogP contribution in [0.15, 0.2) is 18.2 Å². The van der Waals surface area contributed by atoms with Crippen LogP contribution in [0.3, 0.4) is 0 Å². The number of hydrogen-bond acceptors (Lipinski definition) is 3. The number of fused-ring (bicyclic) bond motifs is 1. The highest BCUT2D eigenvalue weighted by Gasteiger charge is 2.27. The van der Waals surface area contributed by atoms with E-state index >= 15 is 0 Å². The van der Waals surface area contributed by atoms with E-state index in [0.717, 1.165) is 31.5 Å². The molecule has 2 unspecified atom stereocenters. The van der Waals surface area contributed by atoms with Crippen LogP contribution in [-0.4, -0.2) is 35.7 Å². The van der Waals surface area contributed by atoms with E-state index in [9.17, 15) is 5.11 Å². The van der Waals surface area contributed by atoms with Gasteiger partial charge >= 0.3 is 0 Å². The molecular weight excluding hydrogens is 236 g/mol. The van der Waals surface area contributed by atoms with Gasteiger partial charge in [0.1, 0.15) is 5.75 Å². The van der Waals surface area contributed by atoms with Crippen LogP contribution in [0, 0.1) is 0 Å². The first-order chi connectivity index (χ1) is 9.29. The molecule has 0 spiro atoms. The number of nitrogens with zero attached hydrogens (tertiary/aromatic N) is 1. The quantitative estimate of drug-likeness (QED) is 0.873. The Morgan fingerprint density at radius 2 is 2.26 bits per heavy atom. The van der Waals surface area contributed by atoms with Gasteiger partial charge in [-0.05, 0) is 56.0 Å². The summed E-state index contributed by atoms with van der Waals surface area (Å²) in [6, 6.07) is 7.05. The molecule has 0 saturated carbocycles. The average Bonchev–Trinajstić information content (AvgIpc) is 3.03. The monoisotopic (exact) mass is 260 g/mol. The molecule has 104 valence electrons. The molecule has 3 nitrogen and oxygen atoms in total. The number of likely N-dealkylation sites (N-methyl/N-ethyl adjacent to an activating group) is 1. The maximum atomic E-state index is 9.87. The normalized spacial score (nSPS) is 26.8. The van der Waals surface area contributed by atoms with Gasteiger partial charge in [0.25, 0.3) is 0 Å². The zero-order valence-corrected chi connectivity index (χ0v) is 11.7. The fourth-order valence-electron chi connectivity index (χ4n) is 3.67.